The lowest BCUT2D eigenvalue weighted by Gasteiger charge is -2.26. The molecule has 1 aliphatic heterocycles. The summed E-state index contributed by atoms with van der Waals surface area (Å²) < 4.78 is 5.39. The van der Waals surface area contributed by atoms with Crippen molar-refractivity contribution in [1.82, 2.24) is 4.90 Å². The number of ketones is 1. The molecule has 0 aromatic heterocycles. The number of ether oxygens (including phenoxy) is 1. The molecule has 5 nitrogen and oxygen atoms in total. The van der Waals surface area contributed by atoms with Gasteiger partial charge in [0.05, 0.1) is 12.7 Å². The molecule has 0 radical (unpaired) electrons. The van der Waals surface area contributed by atoms with Crippen LogP contribution in [0, 0.1) is 0 Å². The number of amides is 1. The molecule has 0 fully saturated rings. The standard InChI is InChI=1S/C25H24N2O3/c1-27-14-13-20-19(16-27)9-6-10-22(20)26-25(29)21-15-18(11-12-23(21)30-2)24(28)17-7-4-3-5-8-17/h3-12,15H,13-14,16H2,1-2H3,(H,26,29). The fraction of sp³-hybridized carbons (Fsp3) is 0.200. The minimum atomic E-state index is -0.290. The smallest absolute Gasteiger partial charge is 0.259 e. The third-order valence-electron chi connectivity index (χ3n) is 5.45. The van der Waals surface area contributed by atoms with Gasteiger partial charge in [0.25, 0.3) is 5.91 Å². The molecule has 0 saturated carbocycles. The van der Waals surface area contributed by atoms with Gasteiger partial charge >= 0.3 is 0 Å². The van der Waals surface area contributed by atoms with Crippen LogP contribution in [-0.4, -0.2) is 37.3 Å². The highest BCUT2D eigenvalue weighted by molar-refractivity contribution is 6.12. The highest BCUT2D eigenvalue weighted by Gasteiger charge is 2.20. The summed E-state index contributed by atoms with van der Waals surface area (Å²) in [5, 5.41) is 3.03. The molecule has 1 aliphatic rings. The first-order chi connectivity index (χ1) is 14.6. The van der Waals surface area contributed by atoms with Crippen molar-refractivity contribution in [2.75, 3.05) is 26.0 Å². The van der Waals surface area contributed by atoms with Gasteiger partial charge in [-0.3, -0.25) is 9.59 Å². The van der Waals surface area contributed by atoms with Gasteiger partial charge in [-0.2, -0.15) is 0 Å². The Morgan fingerprint density at radius 2 is 1.77 bits per heavy atom. The molecule has 1 amide bonds. The third kappa shape index (κ3) is 3.98. The van der Waals surface area contributed by atoms with Gasteiger partial charge in [-0.05, 0) is 48.9 Å². The predicted molar refractivity (Wildman–Crippen MR) is 117 cm³/mol. The summed E-state index contributed by atoms with van der Waals surface area (Å²) in [5.41, 5.74) is 4.57. The van der Waals surface area contributed by atoms with E-state index in [-0.39, 0.29) is 11.7 Å². The second kappa shape index (κ2) is 8.51. The van der Waals surface area contributed by atoms with Crippen LogP contribution < -0.4 is 10.1 Å². The first-order valence-electron chi connectivity index (χ1n) is 9.95. The Labute approximate surface area is 176 Å². The van der Waals surface area contributed by atoms with Crippen molar-refractivity contribution in [3.63, 3.8) is 0 Å². The van der Waals surface area contributed by atoms with Gasteiger partial charge in [0, 0.05) is 29.9 Å². The van der Waals surface area contributed by atoms with E-state index in [9.17, 15) is 9.59 Å². The number of fused-ring (bicyclic) bond motifs is 1. The number of anilines is 1. The highest BCUT2D eigenvalue weighted by Crippen LogP contribution is 2.28. The molecule has 0 spiro atoms. The third-order valence-corrected chi connectivity index (χ3v) is 5.45. The minimum absolute atomic E-state index is 0.132. The molecule has 152 valence electrons. The zero-order chi connectivity index (χ0) is 21.1. The van der Waals surface area contributed by atoms with E-state index >= 15 is 0 Å². The van der Waals surface area contributed by atoms with Gasteiger partial charge < -0.3 is 15.0 Å². The normalized spacial score (nSPS) is 13.4. The Hall–Kier alpha value is -3.44. The average Bonchev–Trinajstić information content (AvgIpc) is 2.78. The van der Waals surface area contributed by atoms with Crippen LogP contribution in [0.5, 0.6) is 5.75 Å². The maximum absolute atomic E-state index is 13.1. The molecule has 4 rings (SSSR count). The summed E-state index contributed by atoms with van der Waals surface area (Å²) in [6, 6.07) is 20.0. The van der Waals surface area contributed by atoms with E-state index in [1.807, 2.05) is 30.3 Å². The van der Waals surface area contributed by atoms with E-state index < -0.39 is 0 Å². The number of rotatable bonds is 5. The van der Waals surface area contributed by atoms with E-state index in [4.69, 9.17) is 4.74 Å². The molecular weight excluding hydrogens is 376 g/mol. The molecular formula is C25H24N2O3. The summed E-state index contributed by atoms with van der Waals surface area (Å²) in [5.74, 6) is 0.0102. The van der Waals surface area contributed by atoms with Crippen LogP contribution in [0.25, 0.3) is 0 Å². The number of nitrogens with one attached hydrogen (secondary N) is 1. The monoisotopic (exact) mass is 400 g/mol. The van der Waals surface area contributed by atoms with E-state index in [0.29, 0.717) is 22.4 Å². The number of likely N-dealkylation sites (N-methyl/N-ethyl adjacent to an activating group) is 1. The molecule has 30 heavy (non-hydrogen) atoms. The first-order valence-corrected chi connectivity index (χ1v) is 9.95. The maximum atomic E-state index is 13.1. The number of benzene rings is 3. The van der Waals surface area contributed by atoms with Crippen molar-refractivity contribution in [3.8, 4) is 5.75 Å². The Bertz CT molecular complexity index is 1090. The van der Waals surface area contributed by atoms with Crippen LogP contribution in [0.3, 0.4) is 0 Å². The van der Waals surface area contributed by atoms with E-state index in [1.165, 1.54) is 18.2 Å². The number of carbonyl (C=O) groups is 2. The van der Waals surface area contributed by atoms with E-state index in [2.05, 4.69) is 23.3 Å². The van der Waals surface area contributed by atoms with Crippen molar-refractivity contribution in [2.24, 2.45) is 0 Å². The lowest BCUT2D eigenvalue weighted by atomic mass is 9.97. The van der Waals surface area contributed by atoms with E-state index in [0.717, 1.165) is 25.2 Å². The van der Waals surface area contributed by atoms with Crippen molar-refractivity contribution >= 4 is 17.4 Å². The molecule has 1 heterocycles. The Kier molecular flexibility index (Phi) is 5.63. The molecule has 5 heteroatoms. The van der Waals surface area contributed by atoms with Crippen molar-refractivity contribution in [1.29, 1.82) is 0 Å². The van der Waals surface area contributed by atoms with Gasteiger partial charge in [0.15, 0.2) is 5.78 Å². The molecule has 0 aliphatic carbocycles. The van der Waals surface area contributed by atoms with Crippen molar-refractivity contribution in [3.05, 3.63) is 94.5 Å². The van der Waals surface area contributed by atoms with Crippen LogP contribution in [0.15, 0.2) is 66.7 Å². The van der Waals surface area contributed by atoms with Crippen LogP contribution in [0.4, 0.5) is 5.69 Å². The van der Waals surface area contributed by atoms with Crippen LogP contribution in [0.2, 0.25) is 0 Å². The molecule has 0 saturated heterocycles. The van der Waals surface area contributed by atoms with Crippen LogP contribution in [-0.2, 0) is 13.0 Å². The maximum Gasteiger partial charge on any atom is 0.259 e. The molecule has 3 aromatic rings. The quantitative estimate of drug-likeness (QED) is 0.653. The Balaban J connectivity index is 1.64. The topological polar surface area (TPSA) is 58.6 Å². The minimum Gasteiger partial charge on any atom is -0.496 e. The lowest BCUT2D eigenvalue weighted by molar-refractivity contribution is 0.102. The highest BCUT2D eigenvalue weighted by atomic mass is 16.5. The number of hydrogen-bond acceptors (Lipinski definition) is 4. The largest absolute Gasteiger partial charge is 0.496 e. The summed E-state index contributed by atoms with van der Waals surface area (Å²) >= 11 is 0. The number of nitrogens with zero attached hydrogens (tertiary/aromatic N) is 1. The van der Waals surface area contributed by atoms with Gasteiger partial charge in [-0.25, -0.2) is 0 Å². The number of methoxy groups -OCH3 is 1. The summed E-state index contributed by atoms with van der Waals surface area (Å²) in [4.78, 5) is 28.2. The van der Waals surface area contributed by atoms with Gasteiger partial charge in [0.1, 0.15) is 5.75 Å². The van der Waals surface area contributed by atoms with E-state index in [1.54, 1.807) is 30.3 Å². The van der Waals surface area contributed by atoms with Crippen molar-refractivity contribution < 1.29 is 14.3 Å². The fourth-order valence-electron chi connectivity index (χ4n) is 3.84. The SMILES string of the molecule is COc1ccc(C(=O)c2ccccc2)cc1C(=O)Nc1cccc2c1CCN(C)C2. The summed E-state index contributed by atoms with van der Waals surface area (Å²) in [6.45, 7) is 1.81. The van der Waals surface area contributed by atoms with Crippen LogP contribution in [0.1, 0.15) is 37.4 Å². The fourth-order valence-corrected chi connectivity index (χ4v) is 3.84. The first kappa shape index (κ1) is 19.9. The zero-order valence-electron chi connectivity index (χ0n) is 17.1. The Morgan fingerprint density at radius 1 is 0.967 bits per heavy atom. The molecule has 0 bridgehead atoms. The summed E-state index contributed by atoms with van der Waals surface area (Å²) in [7, 11) is 3.61. The Morgan fingerprint density at radius 3 is 2.53 bits per heavy atom. The molecule has 0 atom stereocenters. The average molecular weight is 400 g/mol. The predicted octanol–water partition coefficient (Wildman–Crippen LogP) is 4.17. The molecule has 3 aromatic carbocycles. The summed E-state index contributed by atoms with van der Waals surface area (Å²) in [6.07, 6.45) is 0.881. The van der Waals surface area contributed by atoms with Gasteiger partial charge in [-0.15, -0.1) is 0 Å². The van der Waals surface area contributed by atoms with Gasteiger partial charge in [0.2, 0.25) is 0 Å². The molecule has 1 N–H and O–H groups in total. The number of carbonyl (C=O) groups excluding carboxylic acids is 2. The lowest BCUT2D eigenvalue weighted by Crippen LogP contribution is -2.27. The second-order valence-electron chi connectivity index (χ2n) is 7.50. The van der Waals surface area contributed by atoms with Gasteiger partial charge in [-0.1, -0.05) is 42.5 Å². The second-order valence-corrected chi connectivity index (χ2v) is 7.50. The number of hydrogen-bond donors (Lipinski definition) is 1. The molecule has 0 unspecified atom stereocenters. The zero-order valence-corrected chi connectivity index (χ0v) is 17.1. The van der Waals surface area contributed by atoms with Crippen molar-refractivity contribution in [2.45, 2.75) is 13.0 Å². The van der Waals surface area contributed by atoms with Crippen LogP contribution >= 0.6 is 0 Å².